The van der Waals surface area contributed by atoms with Crippen LogP contribution in [0.1, 0.15) is 46.1 Å². The first-order valence-electron chi connectivity index (χ1n) is 8.86. The zero-order chi connectivity index (χ0) is 18.6. The number of benzene rings is 1. The Kier molecular flexibility index (Phi) is 6.09. The van der Waals surface area contributed by atoms with Crippen molar-refractivity contribution in [2.75, 3.05) is 20.2 Å². The van der Waals surface area contributed by atoms with E-state index in [0.29, 0.717) is 31.7 Å². The quantitative estimate of drug-likeness (QED) is 0.785. The third kappa shape index (κ3) is 4.97. The number of carbonyl (C=O) groups is 2. The predicted molar refractivity (Wildman–Crippen MR) is 96.6 cm³/mol. The van der Waals surface area contributed by atoms with Gasteiger partial charge in [-0.2, -0.15) is 0 Å². The number of piperidine rings is 1. The van der Waals surface area contributed by atoms with E-state index in [2.05, 4.69) is 20.8 Å². The van der Waals surface area contributed by atoms with Crippen molar-refractivity contribution in [3.8, 4) is 5.75 Å². The van der Waals surface area contributed by atoms with Crippen LogP contribution in [0.15, 0.2) is 24.3 Å². The van der Waals surface area contributed by atoms with E-state index in [0.717, 1.165) is 0 Å². The van der Waals surface area contributed by atoms with E-state index in [9.17, 15) is 9.59 Å². The van der Waals surface area contributed by atoms with E-state index in [1.807, 2.05) is 24.3 Å². The zero-order valence-corrected chi connectivity index (χ0v) is 15.9. The molecule has 0 radical (unpaired) electrons. The summed E-state index contributed by atoms with van der Waals surface area (Å²) in [7, 11) is 1.40. The van der Waals surface area contributed by atoms with E-state index in [-0.39, 0.29) is 23.2 Å². The molecule has 0 aromatic heterocycles. The van der Waals surface area contributed by atoms with Gasteiger partial charge in [0.05, 0.1) is 13.0 Å². The lowest BCUT2D eigenvalue weighted by Gasteiger charge is -2.32. The molecule has 5 heteroatoms. The summed E-state index contributed by atoms with van der Waals surface area (Å²) in [4.78, 5) is 25.9. The molecule has 0 spiro atoms. The highest BCUT2D eigenvalue weighted by atomic mass is 16.5. The molecule has 1 heterocycles. The van der Waals surface area contributed by atoms with Gasteiger partial charge in [0.25, 0.3) is 5.91 Å². The first-order chi connectivity index (χ1) is 11.7. The number of ether oxygens (including phenoxy) is 2. The summed E-state index contributed by atoms with van der Waals surface area (Å²) in [6.07, 6.45) is 0.742. The molecule has 138 valence electrons. The van der Waals surface area contributed by atoms with Gasteiger partial charge in [-0.05, 0) is 42.9 Å². The Labute approximate surface area is 150 Å². The molecular formula is C20H29NO4. The van der Waals surface area contributed by atoms with Gasteiger partial charge in [-0.25, -0.2) is 0 Å². The molecule has 0 saturated carbocycles. The fourth-order valence-corrected chi connectivity index (χ4v) is 3.05. The van der Waals surface area contributed by atoms with Crippen molar-refractivity contribution in [1.82, 2.24) is 4.90 Å². The third-order valence-corrected chi connectivity index (χ3v) is 4.72. The van der Waals surface area contributed by atoms with Gasteiger partial charge in [0.1, 0.15) is 5.75 Å². The maximum Gasteiger partial charge on any atom is 0.308 e. The summed E-state index contributed by atoms with van der Waals surface area (Å²) in [6.45, 7) is 9.38. The molecule has 1 amide bonds. The molecule has 1 aliphatic rings. The van der Waals surface area contributed by atoms with Crippen molar-refractivity contribution >= 4 is 11.9 Å². The lowest BCUT2D eigenvalue weighted by molar-refractivity contribution is -0.150. The Bertz CT molecular complexity index is 595. The van der Waals surface area contributed by atoms with Crippen LogP contribution in [-0.4, -0.2) is 43.1 Å². The fraction of sp³-hybridized carbons (Fsp3) is 0.600. The van der Waals surface area contributed by atoms with Crippen LogP contribution in [-0.2, 0) is 19.7 Å². The average molecular weight is 347 g/mol. The van der Waals surface area contributed by atoms with E-state index in [4.69, 9.17) is 9.47 Å². The first-order valence-corrected chi connectivity index (χ1v) is 8.86. The lowest BCUT2D eigenvalue weighted by Crippen LogP contribution is -2.45. The Hall–Kier alpha value is -2.04. The number of nitrogens with zero attached hydrogens (tertiary/aromatic N) is 1. The number of amides is 1. The normalized spacial score (nSPS) is 17.1. The molecule has 0 bridgehead atoms. The summed E-state index contributed by atoms with van der Waals surface area (Å²) >= 11 is 0. The number of likely N-dealkylation sites (tertiary alicyclic amines) is 1. The van der Waals surface area contributed by atoms with Crippen LogP contribution in [0.25, 0.3) is 0 Å². The smallest absolute Gasteiger partial charge is 0.308 e. The number of rotatable bonds is 4. The summed E-state index contributed by atoms with van der Waals surface area (Å²) in [5.74, 6) is 0.368. The molecule has 1 unspecified atom stereocenters. The largest absolute Gasteiger partial charge is 0.481 e. The molecule has 1 aliphatic heterocycles. The minimum Gasteiger partial charge on any atom is -0.481 e. The minimum absolute atomic E-state index is 0.0387. The molecule has 1 aromatic rings. The minimum atomic E-state index is -0.546. The SMILES string of the molecule is COC(=O)C1CCN(C(=O)C(C)Oc2ccc(C(C)(C)C)cc2)CC1. The molecule has 1 fully saturated rings. The highest BCUT2D eigenvalue weighted by Crippen LogP contribution is 2.25. The highest BCUT2D eigenvalue weighted by molar-refractivity contribution is 5.81. The van der Waals surface area contributed by atoms with Crippen molar-refractivity contribution in [3.63, 3.8) is 0 Å². The van der Waals surface area contributed by atoms with Crippen LogP contribution >= 0.6 is 0 Å². The van der Waals surface area contributed by atoms with Crippen LogP contribution in [0, 0.1) is 5.92 Å². The van der Waals surface area contributed by atoms with Crippen LogP contribution in [0.2, 0.25) is 0 Å². The molecule has 1 aromatic carbocycles. The zero-order valence-electron chi connectivity index (χ0n) is 15.9. The lowest BCUT2D eigenvalue weighted by atomic mass is 9.87. The molecule has 5 nitrogen and oxygen atoms in total. The van der Waals surface area contributed by atoms with Crippen LogP contribution in [0.4, 0.5) is 0 Å². The Balaban J connectivity index is 1.89. The van der Waals surface area contributed by atoms with Gasteiger partial charge in [0.15, 0.2) is 6.10 Å². The van der Waals surface area contributed by atoms with Gasteiger partial charge in [-0.15, -0.1) is 0 Å². The number of hydrogen-bond acceptors (Lipinski definition) is 4. The van der Waals surface area contributed by atoms with Crippen molar-refractivity contribution in [1.29, 1.82) is 0 Å². The van der Waals surface area contributed by atoms with Gasteiger partial charge >= 0.3 is 5.97 Å². The van der Waals surface area contributed by atoms with Crippen molar-refractivity contribution in [2.24, 2.45) is 5.92 Å². The topological polar surface area (TPSA) is 55.8 Å². The monoisotopic (exact) mass is 347 g/mol. The molecule has 0 aliphatic carbocycles. The maximum absolute atomic E-state index is 12.6. The third-order valence-electron chi connectivity index (χ3n) is 4.72. The Morgan fingerprint density at radius 3 is 2.16 bits per heavy atom. The number of carbonyl (C=O) groups excluding carboxylic acids is 2. The summed E-state index contributed by atoms with van der Waals surface area (Å²) in [5, 5.41) is 0. The Morgan fingerprint density at radius 2 is 1.68 bits per heavy atom. The summed E-state index contributed by atoms with van der Waals surface area (Å²) < 4.78 is 10.6. The second-order valence-electron chi connectivity index (χ2n) is 7.66. The predicted octanol–water partition coefficient (Wildman–Crippen LogP) is 3.16. The van der Waals surface area contributed by atoms with Gasteiger partial charge in [-0.1, -0.05) is 32.9 Å². The average Bonchev–Trinajstić information content (AvgIpc) is 2.60. The highest BCUT2D eigenvalue weighted by Gasteiger charge is 2.30. The van der Waals surface area contributed by atoms with Crippen molar-refractivity contribution in [3.05, 3.63) is 29.8 Å². The van der Waals surface area contributed by atoms with E-state index < -0.39 is 6.10 Å². The number of methoxy groups -OCH3 is 1. The molecule has 25 heavy (non-hydrogen) atoms. The summed E-state index contributed by atoms with van der Waals surface area (Å²) in [6, 6.07) is 7.89. The maximum atomic E-state index is 12.6. The first kappa shape index (κ1) is 19.3. The van der Waals surface area contributed by atoms with Crippen molar-refractivity contribution < 1.29 is 19.1 Å². The second kappa shape index (κ2) is 7.89. The molecule has 0 N–H and O–H groups in total. The Morgan fingerprint density at radius 1 is 1.12 bits per heavy atom. The molecule has 2 rings (SSSR count). The van der Waals surface area contributed by atoms with Crippen LogP contribution in [0.3, 0.4) is 0 Å². The van der Waals surface area contributed by atoms with Gasteiger partial charge in [-0.3, -0.25) is 9.59 Å². The second-order valence-corrected chi connectivity index (χ2v) is 7.66. The van der Waals surface area contributed by atoms with E-state index in [1.54, 1.807) is 11.8 Å². The number of hydrogen-bond donors (Lipinski definition) is 0. The molecular weight excluding hydrogens is 318 g/mol. The van der Waals surface area contributed by atoms with Crippen LogP contribution < -0.4 is 4.74 Å². The van der Waals surface area contributed by atoms with Crippen LogP contribution in [0.5, 0.6) is 5.75 Å². The fourth-order valence-electron chi connectivity index (χ4n) is 3.05. The van der Waals surface area contributed by atoms with E-state index >= 15 is 0 Å². The molecule has 1 saturated heterocycles. The standard InChI is InChI=1S/C20H29NO4/c1-14(25-17-8-6-16(7-9-17)20(2,3)4)18(22)21-12-10-15(11-13-21)19(23)24-5/h6-9,14-15H,10-13H2,1-5H3. The summed E-state index contributed by atoms with van der Waals surface area (Å²) in [5.41, 5.74) is 1.31. The van der Waals surface area contributed by atoms with E-state index in [1.165, 1.54) is 12.7 Å². The number of esters is 1. The van der Waals surface area contributed by atoms with Gasteiger partial charge in [0, 0.05) is 13.1 Å². The van der Waals surface area contributed by atoms with Gasteiger partial charge < -0.3 is 14.4 Å². The molecule has 1 atom stereocenters. The van der Waals surface area contributed by atoms with Gasteiger partial charge in [0.2, 0.25) is 0 Å². The van der Waals surface area contributed by atoms with Crippen molar-refractivity contribution in [2.45, 2.75) is 52.1 Å².